The monoisotopic (exact) mass is 633 g/mol. The number of anilines is 1. The van der Waals surface area contributed by atoms with E-state index in [-0.39, 0.29) is 29.5 Å². The number of carbonyl (C=O) groups excluding carboxylic acids is 2. The maximum atomic E-state index is 14.7. The number of aromatic hydroxyl groups is 1. The van der Waals surface area contributed by atoms with E-state index < -0.39 is 45.8 Å². The molecule has 1 saturated heterocycles. The number of fused-ring (bicyclic) bond motifs is 1. The van der Waals surface area contributed by atoms with Crippen molar-refractivity contribution < 1.29 is 37.3 Å². The molecule has 3 atom stereocenters. The first-order valence-corrected chi connectivity index (χ1v) is 13.5. The molecule has 2 N–H and O–H groups in total. The summed E-state index contributed by atoms with van der Waals surface area (Å²) in [6, 6.07) is 10.2. The van der Waals surface area contributed by atoms with Gasteiger partial charge in [0.05, 0.1) is 36.1 Å². The Bertz CT molecular complexity index is 1640. The van der Waals surface area contributed by atoms with Crippen molar-refractivity contribution in [1.82, 2.24) is 9.99 Å². The predicted octanol–water partition coefficient (Wildman–Crippen LogP) is 6.68. The number of hydrogen-bond acceptors (Lipinski definition) is 7. The number of ether oxygens (including phenoxy) is 2. The van der Waals surface area contributed by atoms with Crippen LogP contribution in [-0.4, -0.2) is 41.1 Å². The number of nitrogens with one attached hydrogen (secondary N) is 1. The quantitative estimate of drug-likeness (QED) is 0.280. The fraction of sp³-hybridized carbons (Fsp3) is 0.233. The van der Waals surface area contributed by atoms with Crippen molar-refractivity contribution in [2.75, 3.05) is 19.6 Å². The lowest BCUT2D eigenvalue weighted by molar-refractivity contribution is -0.139. The molecule has 0 unspecified atom stereocenters. The van der Waals surface area contributed by atoms with Crippen molar-refractivity contribution in [3.05, 3.63) is 99.7 Å². The molecule has 0 radical (unpaired) electrons. The minimum Gasteiger partial charge on any atom is -0.502 e. The number of amides is 2. The third kappa shape index (κ3) is 4.86. The Balaban J connectivity index is 1.72. The normalized spacial score (nSPS) is 21.7. The van der Waals surface area contributed by atoms with E-state index in [1.165, 1.54) is 14.2 Å². The van der Waals surface area contributed by atoms with Crippen LogP contribution in [0.15, 0.2) is 73.0 Å². The summed E-state index contributed by atoms with van der Waals surface area (Å²) >= 11 is 12.3. The zero-order valence-electron chi connectivity index (χ0n) is 22.7. The van der Waals surface area contributed by atoms with Gasteiger partial charge >= 0.3 is 6.18 Å². The summed E-state index contributed by atoms with van der Waals surface area (Å²) in [6.07, 6.45) is -0.652. The van der Waals surface area contributed by atoms with Gasteiger partial charge in [0.25, 0.3) is 11.8 Å². The fourth-order valence-corrected chi connectivity index (χ4v) is 6.21. The summed E-state index contributed by atoms with van der Waals surface area (Å²) in [6.45, 7) is 3.94. The number of alkyl halides is 3. The number of methoxy groups -OCH3 is 2. The molecule has 0 bridgehead atoms. The molecule has 1 aliphatic carbocycles. The summed E-state index contributed by atoms with van der Waals surface area (Å²) in [7, 11) is 2.72. The zero-order chi connectivity index (χ0) is 31.3. The van der Waals surface area contributed by atoms with E-state index in [9.17, 15) is 27.9 Å². The molecule has 2 heterocycles. The summed E-state index contributed by atoms with van der Waals surface area (Å²) in [4.78, 5) is 32.5. The lowest BCUT2D eigenvalue weighted by Gasteiger charge is -2.43. The number of phenolic OH excluding ortho intramolecular Hbond substituents is 1. The van der Waals surface area contributed by atoms with Crippen molar-refractivity contribution in [1.29, 1.82) is 0 Å². The van der Waals surface area contributed by atoms with Gasteiger partial charge in [0.15, 0.2) is 17.3 Å². The number of phenols is 1. The van der Waals surface area contributed by atoms with Gasteiger partial charge in [0, 0.05) is 17.1 Å². The highest BCUT2D eigenvalue weighted by molar-refractivity contribution is 6.33. The van der Waals surface area contributed by atoms with E-state index >= 15 is 0 Å². The number of halogens is 5. The van der Waals surface area contributed by atoms with Crippen molar-refractivity contribution in [2.45, 2.75) is 23.9 Å². The minimum atomic E-state index is -4.70. The molecule has 5 rings (SSSR count). The molecule has 1 fully saturated rings. The van der Waals surface area contributed by atoms with Crippen LogP contribution in [0.4, 0.5) is 19.0 Å². The van der Waals surface area contributed by atoms with E-state index in [1.54, 1.807) is 48.6 Å². The van der Waals surface area contributed by atoms with Crippen LogP contribution in [0, 0.1) is 5.92 Å². The van der Waals surface area contributed by atoms with Crippen LogP contribution in [0.5, 0.6) is 17.2 Å². The summed E-state index contributed by atoms with van der Waals surface area (Å²) in [5, 5.41) is 11.3. The van der Waals surface area contributed by atoms with E-state index in [2.05, 4.69) is 17.0 Å². The Morgan fingerprint density at radius 2 is 1.74 bits per heavy atom. The van der Waals surface area contributed by atoms with Crippen LogP contribution in [0.25, 0.3) is 0 Å². The van der Waals surface area contributed by atoms with Crippen molar-refractivity contribution >= 4 is 40.8 Å². The maximum absolute atomic E-state index is 14.7. The molecular formula is C30H24Cl2F3N3O5. The predicted molar refractivity (Wildman–Crippen MR) is 153 cm³/mol. The number of aromatic nitrogens is 1. The number of rotatable bonds is 7. The van der Waals surface area contributed by atoms with Gasteiger partial charge in [-0.3, -0.25) is 15.0 Å². The SMILES string of the molecule is C=CC1=CC[C@H]2C(=O)N(Nc3ncc(C(F)(F)F)cc3Cl)C(=O)[C@@]2(c2ccc(Cl)cc2)[C@H]1c1cc(OC)c(O)c(OC)c1. The van der Waals surface area contributed by atoms with Gasteiger partial charge in [-0.1, -0.05) is 54.1 Å². The Hall–Kier alpha value is -4.22. The van der Waals surface area contributed by atoms with Crippen LogP contribution in [0.3, 0.4) is 0 Å². The van der Waals surface area contributed by atoms with E-state index in [4.69, 9.17) is 32.7 Å². The Kier molecular flexibility index (Phi) is 7.82. The molecule has 1 aromatic heterocycles. The zero-order valence-corrected chi connectivity index (χ0v) is 24.2. The molecule has 1 aliphatic heterocycles. The summed E-state index contributed by atoms with van der Waals surface area (Å²) < 4.78 is 50.4. The average Bonchev–Trinajstić information content (AvgIpc) is 3.19. The molecule has 0 spiro atoms. The second-order valence-electron chi connectivity index (χ2n) is 9.92. The molecule has 2 aromatic carbocycles. The first-order valence-electron chi connectivity index (χ1n) is 12.8. The molecule has 8 nitrogen and oxygen atoms in total. The number of benzene rings is 2. The molecule has 3 aromatic rings. The highest BCUT2D eigenvalue weighted by Crippen LogP contribution is 2.59. The van der Waals surface area contributed by atoms with Gasteiger partial charge in [-0.2, -0.15) is 18.2 Å². The fourth-order valence-electron chi connectivity index (χ4n) is 5.87. The van der Waals surface area contributed by atoms with Gasteiger partial charge in [-0.15, -0.1) is 0 Å². The Labute approximate surface area is 254 Å². The first kappa shape index (κ1) is 30.2. The van der Waals surface area contributed by atoms with E-state index in [1.807, 2.05) is 0 Å². The molecule has 2 amide bonds. The second kappa shape index (κ2) is 11.1. The van der Waals surface area contributed by atoms with Gasteiger partial charge < -0.3 is 14.6 Å². The number of hydrazine groups is 1. The van der Waals surface area contributed by atoms with Gasteiger partial charge in [-0.25, -0.2) is 4.98 Å². The van der Waals surface area contributed by atoms with Crippen molar-refractivity contribution in [2.24, 2.45) is 5.92 Å². The number of hydrogen-bond donors (Lipinski definition) is 2. The van der Waals surface area contributed by atoms with Crippen LogP contribution in [-0.2, 0) is 21.2 Å². The van der Waals surface area contributed by atoms with E-state index in [0.29, 0.717) is 34.0 Å². The standard InChI is InChI=1S/C30H24Cl2F3N3O5/c1-4-15-5-10-20-27(40)38(37-26-21(32)13-18(14-36-26)30(33,34)35)28(41)29(20,17-6-8-19(31)9-7-17)24(15)16-11-22(42-2)25(39)23(12-16)43-3/h4-9,11-14,20,24,39H,1,10H2,2-3H3,(H,36,37)/t20-,24+,29+/m0/s1. The minimum absolute atomic E-state index is 0.0682. The maximum Gasteiger partial charge on any atom is 0.417 e. The Morgan fingerprint density at radius 3 is 2.28 bits per heavy atom. The summed E-state index contributed by atoms with van der Waals surface area (Å²) in [5.41, 5.74) is 1.38. The molecular weight excluding hydrogens is 610 g/mol. The lowest BCUT2D eigenvalue weighted by atomic mass is 9.56. The third-order valence-electron chi connectivity index (χ3n) is 7.78. The van der Waals surface area contributed by atoms with E-state index in [0.717, 1.165) is 5.01 Å². The molecule has 0 saturated carbocycles. The van der Waals surface area contributed by atoms with Crippen molar-refractivity contribution in [3.63, 3.8) is 0 Å². The van der Waals surface area contributed by atoms with Crippen molar-refractivity contribution in [3.8, 4) is 17.2 Å². The van der Waals surface area contributed by atoms with Crippen LogP contribution in [0.1, 0.15) is 29.0 Å². The number of pyridine rings is 1. The van der Waals surface area contributed by atoms with Crippen LogP contribution >= 0.6 is 23.2 Å². The van der Waals surface area contributed by atoms with Crippen LogP contribution in [0.2, 0.25) is 10.0 Å². The molecule has 224 valence electrons. The number of imide groups is 1. The molecule has 43 heavy (non-hydrogen) atoms. The van der Waals surface area contributed by atoms with Gasteiger partial charge in [-0.05, 0) is 53.5 Å². The number of carbonyl (C=O) groups is 2. The lowest BCUT2D eigenvalue weighted by Crippen LogP contribution is -2.48. The topological polar surface area (TPSA) is 101 Å². The summed E-state index contributed by atoms with van der Waals surface area (Å²) in [5.74, 6) is -3.66. The second-order valence-corrected chi connectivity index (χ2v) is 10.8. The number of allylic oxidation sites excluding steroid dienone is 3. The molecule has 2 aliphatic rings. The van der Waals surface area contributed by atoms with Gasteiger partial charge in [0.2, 0.25) is 5.75 Å². The third-order valence-corrected chi connectivity index (χ3v) is 8.32. The van der Waals surface area contributed by atoms with Gasteiger partial charge in [0.1, 0.15) is 0 Å². The smallest absolute Gasteiger partial charge is 0.417 e. The first-order chi connectivity index (χ1) is 20.4. The number of nitrogens with zero attached hydrogens (tertiary/aromatic N) is 2. The van der Waals surface area contributed by atoms with Crippen LogP contribution < -0.4 is 14.9 Å². The highest BCUT2D eigenvalue weighted by Gasteiger charge is 2.66. The average molecular weight is 634 g/mol. The largest absolute Gasteiger partial charge is 0.502 e. The molecule has 13 heteroatoms. The Morgan fingerprint density at radius 1 is 1.12 bits per heavy atom. The highest BCUT2D eigenvalue weighted by atomic mass is 35.5.